The number of halogens is 1. The van der Waals surface area contributed by atoms with E-state index in [1.54, 1.807) is 17.2 Å². The Hall–Kier alpha value is -3.12. The standard InChI is InChI=1S/C23H22ClN3O3/c24-19-5-2-1-4-18(19)20-15-26-22(30-20)12-11-21(28)25-14-16-7-9-17(10-8-16)27-13-3-6-23(27)29/h1-2,4-5,7-10,15H,3,6,11-14H2,(H,25,28). The number of anilines is 1. The van der Waals surface area contributed by atoms with Crippen molar-refractivity contribution in [2.45, 2.75) is 32.2 Å². The van der Waals surface area contributed by atoms with E-state index in [0.717, 1.165) is 29.8 Å². The number of benzene rings is 2. The molecule has 1 fully saturated rings. The molecule has 2 aromatic carbocycles. The fourth-order valence-corrected chi connectivity index (χ4v) is 3.66. The maximum atomic E-state index is 12.2. The molecular weight excluding hydrogens is 402 g/mol. The highest BCUT2D eigenvalue weighted by Gasteiger charge is 2.21. The van der Waals surface area contributed by atoms with Crippen molar-refractivity contribution < 1.29 is 14.0 Å². The summed E-state index contributed by atoms with van der Waals surface area (Å²) in [5.74, 6) is 1.18. The van der Waals surface area contributed by atoms with E-state index >= 15 is 0 Å². The van der Waals surface area contributed by atoms with E-state index in [2.05, 4.69) is 10.3 Å². The average Bonchev–Trinajstić information content (AvgIpc) is 3.40. The van der Waals surface area contributed by atoms with Crippen molar-refractivity contribution in [3.8, 4) is 11.3 Å². The Kier molecular flexibility index (Phi) is 6.14. The van der Waals surface area contributed by atoms with Gasteiger partial charge in [0.1, 0.15) is 0 Å². The van der Waals surface area contributed by atoms with Gasteiger partial charge in [0.15, 0.2) is 11.7 Å². The number of oxazole rings is 1. The first-order chi connectivity index (χ1) is 14.6. The number of hydrogen-bond acceptors (Lipinski definition) is 4. The van der Waals surface area contributed by atoms with Gasteiger partial charge >= 0.3 is 0 Å². The van der Waals surface area contributed by atoms with Crippen LogP contribution >= 0.6 is 11.6 Å². The largest absolute Gasteiger partial charge is 0.441 e. The van der Waals surface area contributed by atoms with Crippen LogP contribution in [0.4, 0.5) is 5.69 Å². The monoisotopic (exact) mass is 423 g/mol. The third-order valence-corrected chi connectivity index (χ3v) is 5.40. The molecule has 30 heavy (non-hydrogen) atoms. The van der Waals surface area contributed by atoms with E-state index in [1.165, 1.54) is 0 Å². The van der Waals surface area contributed by atoms with E-state index in [-0.39, 0.29) is 18.2 Å². The minimum absolute atomic E-state index is 0.0775. The Bertz CT molecular complexity index is 1050. The number of carbonyl (C=O) groups excluding carboxylic acids is 2. The van der Waals surface area contributed by atoms with Crippen molar-refractivity contribution in [1.29, 1.82) is 0 Å². The minimum atomic E-state index is -0.0775. The molecule has 0 radical (unpaired) electrons. The number of nitrogens with zero attached hydrogens (tertiary/aromatic N) is 2. The zero-order valence-electron chi connectivity index (χ0n) is 16.4. The lowest BCUT2D eigenvalue weighted by Crippen LogP contribution is -2.24. The van der Waals surface area contributed by atoms with Crippen molar-refractivity contribution in [1.82, 2.24) is 10.3 Å². The summed E-state index contributed by atoms with van der Waals surface area (Å²) in [6, 6.07) is 15.1. The number of aromatic nitrogens is 1. The molecule has 7 heteroatoms. The van der Waals surface area contributed by atoms with Crippen LogP contribution in [-0.2, 0) is 22.6 Å². The fourth-order valence-electron chi connectivity index (χ4n) is 3.44. The van der Waals surface area contributed by atoms with Gasteiger partial charge in [-0.15, -0.1) is 0 Å². The van der Waals surface area contributed by atoms with Gasteiger partial charge in [0.2, 0.25) is 11.8 Å². The normalized spacial score (nSPS) is 13.6. The lowest BCUT2D eigenvalue weighted by atomic mass is 10.2. The highest BCUT2D eigenvalue weighted by Crippen LogP contribution is 2.28. The van der Waals surface area contributed by atoms with Crippen LogP contribution in [-0.4, -0.2) is 23.3 Å². The number of aryl methyl sites for hydroxylation is 1. The minimum Gasteiger partial charge on any atom is -0.441 e. The summed E-state index contributed by atoms with van der Waals surface area (Å²) in [7, 11) is 0. The number of amides is 2. The molecule has 1 N–H and O–H groups in total. The second-order valence-corrected chi connectivity index (χ2v) is 7.60. The molecule has 0 aliphatic carbocycles. The lowest BCUT2D eigenvalue weighted by molar-refractivity contribution is -0.121. The van der Waals surface area contributed by atoms with Gasteiger partial charge in [-0.3, -0.25) is 9.59 Å². The van der Waals surface area contributed by atoms with Crippen molar-refractivity contribution in [3.63, 3.8) is 0 Å². The van der Waals surface area contributed by atoms with Crippen LogP contribution < -0.4 is 10.2 Å². The van der Waals surface area contributed by atoms with Crippen LogP contribution in [0.15, 0.2) is 59.1 Å². The first-order valence-corrected chi connectivity index (χ1v) is 10.3. The molecule has 1 aliphatic heterocycles. The summed E-state index contributed by atoms with van der Waals surface area (Å²) in [4.78, 5) is 30.0. The number of hydrogen-bond donors (Lipinski definition) is 1. The molecule has 1 aliphatic rings. The van der Waals surface area contributed by atoms with Gasteiger partial charge in [-0.05, 0) is 36.2 Å². The molecule has 3 aromatic rings. The van der Waals surface area contributed by atoms with Crippen molar-refractivity contribution in [3.05, 3.63) is 71.2 Å². The molecule has 0 saturated carbocycles. The fraction of sp³-hybridized carbons (Fsp3) is 0.261. The predicted molar refractivity (Wildman–Crippen MR) is 115 cm³/mol. The lowest BCUT2D eigenvalue weighted by Gasteiger charge is -2.16. The van der Waals surface area contributed by atoms with Crippen molar-refractivity contribution >= 4 is 29.1 Å². The van der Waals surface area contributed by atoms with Gasteiger partial charge in [0.25, 0.3) is 0 Å². The third kappa shape index (κ3) is 4.71. The van der Waals surface area contributed by atoms with Crippen LogP contribution in [0.2, 0.25) is 5.02 Å². The van der Waals surface area contributed by atoms with Gasteiger partial charge in [-0.2, -0.15) is 0 Å². The zero-order valence-corrected chi connectivity index (χ0v) is 17.2. The first kappa shape index (κ1) is 20.2. The van der Waals surface area contributed by atoms with Gasteiger partial charge < -0.3 is 14.6 Å². The van der Waals surface area contributed by atoms with Crippen LogP contribution in [0.1, 0.15) is 30.7 Å². The highest BCUT2D eigenvalue weighted by molar-refractivity contribution is 6.33. The molecule has 0 atom stereocenters. The third-order valence-electron chi connectivity index (χ3n) is 5.07. The molecule has 2 amide bonds. The second-order valence-electron chi connectivity index (χ2n) is 7.19. The highest BCUT2D eigenvalue weighted by atomic mass is 35.5. The molecule has 6 nitrogen and oxygen atoms in total. The van der Waals surface area contributed by atoms with Gasteiger partial charge in [-0.25, -0.2) is 4.98 Å². The zero-order chi connectivity index (χ0) is 20.9. The average molecular weight is 424 g/mol. The molecule has 0 spiro atoms. The topological polar surface area (TPSA) is 75.4 Å². The number of nitrogens with one attached hydrogen (secondary N) is 1. The molecular formula is C23H22ClN3O3. The van der Waals surface area contributed by atoms with E-state index in [1.807, 2.05) is 42.5 Å². The smallest absolute Gasteiger partial charge is 0.227 e. The summed E-state index contributed by atoms with van der Waals surface area (Å²) < 4.78 is 5.73. The number of rotatable bonds is 7. The van der Waals surface area contributed by atoms with Gasteiger partial charge in [0, 0.05) is 43.6 Å². The SMILES string of the molecule is O=C(CCc1ncc(-c2ccccc2Cl)o1)NCc1ccc(N2CCCC2=O)cc1. The molecule has 1 saturated heterocycles. The molecule has 0 unspecified atom stereocenters. The van der Waals surface area contributed by atoms with Crippen LogP contribution in [0, 0.1) is 0 Å². The van der Waals surface area contributed by atoms with Crippen LogP contribution in [0.3, 0.4) is 0 Å². The summed E-state index contributed by atoms with van der Waals surface area (Å²) in [6.45, 7) is 1.21. The Morgan fingerprint density at radius 3 is 2.70 bits per heavy atom. The quantitative estimate of drug-likeness (QED) is 0.612. The Balaban J connectivity index is 1.25. The van der Waals surface area contributed by atoms with Gasteiger partial charge in [0.05, 0.1) is 11.2 Å². The van der Waals surface area contributed by atoms with Crippen LogP contribution in [0.5, 0.6) is 0 Å². The van der Waals surface area contributed by atoms with Crippen molar-refractivity contribution in [2.24, 2.45) is 0 Å². The Morgan fingerprint density at radius 1 is 1.17 bits per heavy atom. The first-order valence-electron chi connectivity index (χ1n) is 9.96. The van der Waals surface area contributed by atoms with E-state index in [4.69, 9.17) is 16.0 Å². The summed E-state index contributed by atoms with van der Waals surface area (Å²) in [5, 5.41) is 3.50. The molecule has 4 rings (SSSR count). The maximum Gasteiger partial charge on any atom is 0.227 e. The van der Waals surface area contributed by atoms with Gasteiger partial charge in [-0.1, -0.05) is 35.9 Å². The van der Waals surface area contributed by atoms with E-state index in [0.29, 0.717) is 36.1 Å². The summed E-state index contributed by atoms with van der Waals surface area (Å²) in [5.41, 5.74) is 2.67. The number of carbonyl (C=O) groups is 2. The summed E-state index contributed by atoms with van der Waals surface area (Å²) >= 11 is 6.18. The summed E-state index contributed by atoms with van der Waals surface area (Å²) in [6.07, 6.45) is 3.83. The maximum absolute atomic E-state index is 12.2. The van der Waals surface area contributed by atoms with Crippen molar-refractivity contribution in [2.75, 3.05) is 11.4 Å². The molecule has 2 heterocycles. The van der Waals surface area contributed by atoms with Crippen LogP contribution in [0.25, 0.3) is 11.3 Å². The molecule has 1 aromatic heterocycles. The Labute approximate surface area is 179 Å². The molecule has 154 valence electrons. The van der Waals surface area contributed by atoms with E-state index in [9.17, 15) is 9.59 Å². The van der Waals surface area contributed by atoms with E-state index < -0.39 is 0 Å². The Morgan fingerprint density at radius 2 is 1.97 bits per heavy atom. The second kappa shape index (κ2) is 9.13. The predicted octanol–water partition coefficient (Wildman–Crippen LogP) is 4.37. The molecule has 0 bridgehead atoms.